The first-order chi connectivity index (χ1) is 10.7. The van der Waals surface area contributed by atoms with Crippen LogP contribution in [0.1, 0.15) is 15.9 Å². The van der Waals surface area contributed by atoms with Crippen LogP contribution >= 0.6 is 11.6 Å². The van der Waals surface area contributed by atoms with Crippen LogP contribution in [0.4, 0.5) is 5.69 Å². The molecule has 0 fully saturated rings. The Hall–Kier alpha value is -2.05. The van der Waals surface area contributed by atoms with Crippen LogP contribution in [0.15, 0.2) is 47.4 Å². The van der Waals surface area contributed by atoms with E-state index in [-0.39, 0.29) is 15.8 Å². The lowest BCUT2D eigenvalue weighted by atomic mass is 10.2. The van der Waals surface area contributed by atoms with Crippen LogP contribution in [0.3, 0.4) is 0 Å². The number of amides is 1. The summed E-state index contributed by atoms with van der Waals surface area (Å²) in [5, 5.41) is 0.151. The van der Waals surface area contributed by atoms with Gasteiger partial charge in [0.25, 0.3) is 15.9 Å². The van der Waals surface area contributed by atoms with Gasteiger partial charge in [0.05, 0.1) is 5.02 Å². The Labute approximate surface area is 140 Å². The van der Waals surface area contributed by atoms with E-state index < -0.39 is 10.0 Å². The maximum atomic E-state index is 12.5. The topological polar surface area (TPSA) is 66.5 Å². The average molecular weight is 353 g/mol. The SMILES string of the molecule is Cc1ccc(S(=O)(=O)Nc2cccc(C(=O)N(C)C)c2)c(Cl)c1. The third kappa shape index (κ3) is 4.03. The van der Waals surface area contributed by atoms with Crippen molar-refractivity contribution in [2.45, 2.75) is 11.8 Å². The molecule has 0 aliphatic rings. The Bertz CT molecular complexity index is 848. The van der Waals surface area contributed by atoms with E-state index in [1.807, 2.05) is 6.92 Å². The van der Waals surface area contributed by atoms with Gasteiger partial charge in [-0.1, -0.05) is 23.7 Å². The molecule has 0 aliphatic heterocycles. The largest absolute Gasteiger partial charge is 0.345 e. The Morgan fingerprint density at radius 1 is 1.13 bits per heavy atom. The van der Waals surface area contributed by atoms with Gasteiger partial charge in [-0.25, -0.2) is 8.42 Å². The second-order valence-electron chi connectivity index (χ2n) is 5.32. The lowest BCUT2D eigenvalue weighted by molar-refractivity contribution is 0.0827. The summed E-state index contributed by atoms with van der Waals surface area (Å²) in [4.78, 5) is 13.4. The molecule has 5 nitrogen and oxygen atoms in total. The molecule has 0 saturated carbocycles. The smallest absolute Gasteiger partial charge is 0.263 e. The number of rotatable bonds is 4. The van der Waals surface area contributed by atoms with Crippen LogP contribution in [-0.2, 0) is 10.0 Å². The molecule has 7 heteroatoms. The Morgan fingerprint density at radius 3 is 2.43 bits per heavy atom. The van der Waals surface area contributed by atoms with Crippen molar-refractivity contribution >= 4 is 33.2 Å². The van der Waals surface area contributed by atoms with E-state index in [4.69, 9.17) is 11.6 Å². The van der Waals surface area contributed by atoms with Crippen molar-refractivity contribution in [3.8, 4) is 0 Å². The molecule has 0 atom stereocenters. The second kappa shape index (κ2) is 6.60. The number of aryl methyl sites for hydroxylation is 1. The summed E-state index contributed by atoms with van der Waals surface area (Å²) in [5.41, 5.74) is 1.56. The van der Waals surface area contributed by atoms with Crippen molar-refractivity contribution in [2.75, 3.05) is 18.8 Å². The predicted octanol–water partition coefficient (Wildman–Crippen LogP) is 3.15. The van der Waals surface area contributed by atoms with Gasteiger partial charge in [0.15, 0.2) is 0 Å². The minimum Gasteiger partial charge on any atom is -0.345 e. The number of halogens is 1. The Morgan fingerprint density at radius 2 is 1.83 bits per heavy atom. The number of hydrogen-bond donors (Lipinski definition) is 1. The van der Waals surface area contributed by atoms with Gasteiger partial charge < -0.3 is 4.90 Å². The molecule has 1 N–H and O–H groups in total. The van der Waals surface area contributed by atoms with Gasteiger partial charge in [-0.15, -0.1) is 0 Å². The molecule has 2 aromatic rings. The molecule has 122 valence electrons. The number of carbonyl (C=O) groups is 1. The van der Waals surface area contributed by atoms with Gasteiger partial charge in [0.2, 0.25) is 0 Å². The van der Waals surface area contributed by atoms with Crippen molar-refractivity contribution < 1.29 is 13.2 Å². The maximum absolute atomic E-state index is 12.5. The van der Waals surface area contributed by atoms with Crippen LogP contribution in [0, 0.1) is 6.92 Å². The molecule has 0 spiro atoms. The molecule has 0 heterocycles. The zero-order valence-corrected chi connectivity index (χ0v) is 14.6. The zero-order chi connectivity index (χ0) is 17.2. The van der Waals surface area contributed by atoms with Crippen LogP contribution in [0.2, 0.25) is 5.02 Å². The highest BCUT2D eigenvalue weighted by Crippen LogP contribution is 2.25. The third-order valence-electron chi connectivity index (χ3n) is 3.14. The van der Waals surface area contributed by atoms with E-state index in [1.165, 1.54) is 17.0 Å². The average Bonchev–Trinajstić information content (AvgIpc) is 2.45. The van der Waals surface area contributed by atoms with E-state index in [9.17, 15) is 13.2 Å². The minimum absolute atomic E-state index is 0.00546. The van der Waals surface area contributed by atoms with Crippen molar-refractivity contribution in [1.29, 1.82) is 0 Å². The van der Waals surface area contributed by atoms with Crippen LogP contribution in [-0.4, -0.2) is 33.3 Å². The first-order valence-corrected chi connectivity index (χ1v) is 8.67. The highest BCUT2D eigenvalue weighted by molar-refractivity contribution is 7.92. The van der Waals surface area contributed by atoms with Gasteiger partial charge in [-0.2, -0.15) is 0 Å². The number of carbonyl (C=O) groups excluding carboxylic acids is 1. The standard InChI is InChI=1S/C16H17ClN2O3S/c1-11-7-8-15(14(17)9-11)23(21,22)18-13-6-4-5-12(10-13)16(20)19(2)3/h4-10,18H,1-3H3. The van der Waals surface area contributed by atoms with E-state index in [0.717, 1.165) is 5.56 Å². The van der Waals surface area contributed by atoms with Crippen molar-refractivity contribution in [3.05, 3.63) is 58.6 Å². The maximum Gasteiger partial charge on any atom is 0.263 e. The summed E-state index contributed by atoms with van der Waals surface area (Å²) in [7, 11) is -0.570. The fraction of sp³-hybridized carbons (Fsp3) is 0.188. The van der Waals surface area contributed by atoms with Gasteiger partial charge in [0.1, 0.15) is 4.90 Å². The van der Waals surface area contributed by atoms with Gasteiger partial charge in [-0.3, -0.25) is 9.52 Å². The van der Waals surface area contributed by atoms with Crippen molar-refractivity contribution in [2.24, 2.45) is 0 Å². The molecule has 2 aromatic carbocycles. The molecular formula is C16H17ClN2O3S. The Balaban J connectivity index is 2.34. The van der Waals surface area contributed by atoms with E-state index in [0.29, 0.717) is 11.3 Å². The molecule has 0 aromatic heterocycles. The summed E-state index contributed by atoms with van der Waals surface area (Å²) < 4.78 is 27.4. The van der Waals surface area contributed by atoms with Gasteiger partial charge in [0, 0.05) is 25.3 Å². The lowest BCUT2D eigenvalue weighted by Crippen LogP contribution is -2.22. The van der Waals surface area contributed by atoms with Crippen molar-refractivity contribution in [3.63, 3.8) is 0 Å². The van der Waals surface area contributed by atoms with Crippen LogP contribution in [0.25, 0.3) is 0 Å². The predicted molar refractivity (Wildman–Crippen MR) is 91.5 cm³/mol. The summed E-state index contributed by atoms with van der Waals surface area (Å²) in [6.07, 6.45) is 0. The van der Waals surface area contributed by atoms with Gasteiger partial charge >= 0.3 is 0 Å². The van der Waals surface area contributed by atoms with E-state index >= 15 is 0 Å². The fourth-order valence-electron chi connectivity index (χ4n) is 2.01. The second-order valence-corrected chi connectivity index (χ2v) is 7.38. The van der Waals surface area contributed by atoms with Crippen LogP contribution < -0.4 is 4.72 Å². The number of benzene rings is 2. The highest BCUT2D eigenvalue weighted by Gasteiger charge is 2.18. The van der Waals surface area contributed by atoms with Crippen LogP contribution in [0.5, 0.6) is 0 Å². The quantitative estimate of drug-likeness (QED) is 0.919. The van der Waals surface area contributed by atoms with E-state index in [2.05, 4.69) is 4.72 Å². The monoisotopic (exact) mass is 352 g/mol. The molecule has 0 saturated heterocycles. The molecule has 23 heavy (non-hydrogen) atoms. The molecule has 0 unspecified atom stereocenters. The molecular weight excluding hydrogens is 336 g/mol. The normalized spacial score (nSPS) is 11.1. The number of nitrogens with zero attached hydrogens (tertiary/aromatic N) is 1. The number of sulfonamides is 1. The summed E-state index contributed by atoms with van der Waals surface area (Å²) in [5.74, 6) is -0.209. The molecule has 2 rings (SSSR count). The van der Waals surface area contributed by atoms with E-state index in [1.54, 1.807) is 44.4 Å². The summed E-state index contributed by atoms with van der Waals surface area (Å²) >= 11 is 6.02. The fourth-order valence-corrected chi connectivity index (χ4v) is 3.66. The third-order valence-corrected chi connectivity index (χ3v) is 5.01. The number of anilines is 1. The zero-order valence-electron chi connectivity index (χ0n) is 13.0. The minimum atomic E-state index is -3.83. The van der Waals surface area contributed by atoms with Gasteiger partial charge in [-0.05, 0) is 42.8 Å². The molecule has 0 aliphatic carbocycles. The first-order valence-electron chi connectivity index (χ1n) is 6.81. The Kier molecular flexibility index (Phi) is 4.97. The highest BCUT2D eigenvalue weighted by atomic mass is 35.5. The first kappa shape index (κ1) is 17.3. The molecule has 0 radical (unpaired) electrons. The van der Waals surface area contributed by atoms with Crippen molar-refractivity contribution in [1.82, 2.24) is 4.90 Å². The molecule has 0 bridgehead atoms. The number of nitrogens with one attached hydrogen (secondary N) is 1. The number of hydrogen-bond acceptors (Lipinski definition) is 3. The lowest BCUT2D eigenvalue weighted by Gasteiger charge is -2.13. The summed E-state index contributed by atoms with van der Waals surface area (Å²) in [6.45, 7) is 1.83. The molecule has 1 amide bonds. The summed E-state index contributed by atoms with van der Waals surface area (Å²) in [6, 6.07) is 11.0.